The molecule has 0 aromatic heterocycles. The van der Waals surface area contributed by atoms with E-state index in [0.717, 1.165) is 4.90 Å². The molecule has 7 heteroatoms. The van der Waals surface area contributed by atoms with Crippen LogP contribution in [0.4, 0.5) is 10.5 Å². The van der Waals surface area contributed by atoms with Gasteiger partial charge < -0.3 is 10.4 Å². The third-order valence-corrected chi connectivity index (χ3v) is 2.97. The lowest BCUT2D eigenvalue weighted by atomic mass is 10.1. The molecular weight excluding hydrogens is 272 g/mol. The second-order valence-corrected chi connectivity index (χ2v) is 4.52. The van der Waals surface area contributed by atoms with Crippen LogP contribution >= 0.6 is 11.6 Å². The summed E-state index contributed by atoms with van der Waals surface area (Å²) in [5.41, 5.74) is 0.368. The van der Waals surface area contributed by atoms with Crippen molar-refractivity contribution in [1.29, 1.82) is 0 Å². The van der Waals surface area contributed by atoms with Gasteiger partial charge in [0.1, 0.15) is 6.04 Å². The number of nitrogens with zero attached hydrogens (tertiary/aromatic N) is 1. The van der Waals surface area contributed by atoms with E-state index in [9.17, 15) is 14.4 Å². The van der Waals surface area contributed by atoms with Crippen molar-refractivity contribution in [2.75, 3.05) is 4.90 Å². The highest BCUT2D eigenvalue weighted by atomic mass is 35.5. The van der Waals surface area contributed by atoms with E-state index in [2.05, 4.69) is 5.32 Å². The van der Waals surface area contributed by atoms with Crippen molar-refractivity contribution in [1.82, 2.24) is 5.32 Å². The van der Waals surface area contributed by atoms with Crippen molar-refractivity contribution in [2.24, 2.45) is 0 Å². The lowest BCUT2D eigenvalue weighted by Gasteiger charge is -2.12. The first kappa shape index (κ1) is 13.4. The Kier molecular flexibility index (Phi) is 3.71. The third-order valence-electron chi connectivity index (χ3n) is 2.73. The van der Waals surface area contributed by atoms with Gasteiger partial charge in [0, 0.05) is 11.4 Å². The van der Waals surface area contributed by atoms with Gasteiger partial charge in [-0.2, -0.15) is 0 Å². The smallest absolute Gasteiger partial charge is 0.329 e. The van der Waals surface area contributed by atoms with E-state index in [1.165, 1.54) is 6.07 Å². The number of carbonyl (C=O) groups is 3. The molecule has 1 aromatic rings. The molecule has 1 aliphatic rings. The number of rotatable bonds is 4. The summed E-state index contributed by atoms with van der Waals surface area (Å²) < 4.78 is 0. The lowest BCUT2D eigenvalue weighted by Crippen LogP contribution is -2.31. The van der Waals surface area contributed by atoms with Crippen LogP contribution in [0, 0.1) is 0 Å². The summed E-state index contributed by atoms with van der Waals surface area (Å²) in [6.07, 6.45) is -0.114. The van der Waals surface area contributed by atoms with Gasteiger partial charge in [-0.3, -0.25) is 9.59 Å². The fourth-order valence-corrected chi connectivity index (χ4v) is 2.04. The number of aliphatic carboxylic acids is 1. The van der Waals surface area contributed by atoms with Crippen molar-refractivity contribution >= 4 is 35.2 Å². The largest absolute Gasteiger partial charge is 0.481 e. The zero-order valence-corrected chi connectivity index (χ0v) is 10.6. The van der Waals surface area contributed by atoms with Gasteiger partial charge in [-0.05, 0) is 24.6 Å². The molecule has 100 valence electrons. The number of carbonyl (C=O) groups excluding carboxylic acids is 2. The first-order valence-electron chi connectivity index (χ1n) is 5.61. The van der Waals surface area contributed by atoms with Crippen molar-refractivity contribution in [3.8, 4) is 0 Å². The molecule has 1 aromatic carbocycles. The number of carboxylic acid groups (broad SMARTS) is 1. The second-order valence-electron chi connectivity index (χ2n) is 4.09. The summed E-state index contributed by atoms with van der Waals surface area (Å²) in [6, 6.07) is 4.97. The van der Waals surface area contributed by atoms with E-state index >= 15 is 0 Å². The Labute approximate surface area is 114 Å². The molecule has 19 heavy (non-hydrogen) atoms. The maximum absolute atomic E-state index is 12.0. The molecule has 0 unspecified atom stereocenters. The highest BCUT2D eigenvalue weighted by Crippen LogP contribution is 2.24. The van der Waals surface area contributed by atoms with E-state index in [1.807, 2.05) is 0 Å². The minimum absolute atomic E-state index is 0.0664. The van der Waals surface area contributed by atoms with Crippen LogP contribution in [0.2, 0.25) is 5.02 Å². The number of carboxylic acids is 1. The van der Waals surface area contributed by atoms with Crippen molar-refractivity contribution < 1.29 is 19.5 Å². The molecule has 0 spiro atoms. The van der Waals surface area contributed by atoms with Crippen LogP contribution in [-0.2, 0) is 9.59 Å². The zero-order chi connectivity index (χ0) is 14.0. The topological polar surface area (TPSA) is 86.7 Å². The molecule has 3 amide bonds. The summed E-state index contributed by atoms with van der Waals surface area (Å²) in [4.78, 5) is 35.3. The Morgan fingerprint density at radius 1 is 1.42 bits per heavy atom. The average Bonchev–Trinajstić information content (AvgIpc) is 2.62. The van der Waals surface area contributed by atoms with E-state index in [0.29, 0.717) is 10.7 Å². The van der Waals surface area contributed by atoms with E-state index < -0.39 is 23.9 Å². The van der Waals surface area contributed by atoms with Crippen LogP contribution in [0.15, 0.2) is 24.3 Å². The second kappa shape index (κ2) is 5.27. The molecule has 1 atom stereocenters. The molecule has 0 bridgehead atoms. The fraction of sp³-hybridized carbons (Fsp3) is 0.250. The predicted octanol–water partition coefficient (Wildman–Crippen LogP) is 1.63. The lowest BCUT2D eigenvalue weighted by molar-refractivity contribution is -0.137. The molecule has 1 heterocycles. The van der Waals surface area contributed by atoms with Crippen LogP contribution in [0.25, 0.3) is 0 Å². The molecular formula is C12H11ClN2O4. The van der Waals surface area contributed by atoms with Gasteiger partial charge in [0.05, 0.1) is 5.69 Å². The maximum Gasteiger partial charge on any atom is 0.329 e. The van der Waals surface area contributed by atoms with Crippen LogP contribution in [0.1, 0.15) is 12.8 Å². The number of anilines is 1. The standard InChI is InChI=1S/C12H11ClN2O4/c13-7-2-1-3-8(6-7)15-11(18)9(14-12(15)19)4-5-10(16)17/h1-3,6,9H,4-5H2,(H,14,19)(H,16,17)/t9-/m1/s1. The molecule has 2 rings (SSSR count). The van der Waals surface area contributed by atoms with E-state index in [-0.39, 0.29) is 12.8 Å². The molecule has 1 aliphatic heterocycles. The number of hydrogen-bond acceptors (Lipinski definition) is 3. The monoisotopic (exact) mass is 282 g/mol. The highest BCUT2D eigenvalue weighted by Gasteiger charge is 2.38. The maximum atomic E-state index is 12.0. The van der Waals surface area contributed by atoms with Crippen LogP contribution in [0.3, 0.4) is 0 Å². The van der Waals surface area contributed by atoms with Gasteiger partial charge in [0.2, 0.25) is 0 Å². The third kappa shape index (κ3) is 2.85. The van der Waals surface area contributed by atoms with Gasteiger partial charge in [-0.1, -0.05) is 17.7 Å². The van der Waals surface area contributed by atoms with Crippen molar-refractivity contribution in [3.63, 3.8) is 0 Å². The van der Waals surface area contributed by atoms with Gasteiger partial charge in [-0.25, -0.2) is 9.69 Å². The first-order chi connectivity index (χ1) is 8.99. The minimum atomic E-state index is -1.01. The minimum Gasteiger partial charge on any atom is -0.481 e. The van der Waals surface area contributed by atoms with Crippen molar-refractivity contribution in [2.45, 2.75) is 18.9 Å². The van der Waals surface area contributed by atoms with Gasteiger partial charge in [-0.15, -0.1) is 0 Å². The normalized spacial score (nSPS) is 18.6. The van der Waals surface area contributed by atoms with E-state index in [1.54, 1.807) is 18.2 Å². The Bertz CT molecular complexity index is 546. The van der Waals surface area contributed by atoms with Crippen LogP contribution < -0.4 is 10.2 Å². The van der Waals surface area contributed by atoms with Gasteiger partial charge >= 0.3 is 12.0 Å². The fourth-order valence-electron chi connectivity index (χ4n) is 1.85. The average molecular weight is 283 g/mol. The van der Waals surface area contributed by atoms with Gasteiger partial charge in [0.25, 0.3) is 5.91 Å². The van der Waals surface area contributed by atoms with Crippen LogP contribution in [0.5, 0.6) is 0 Å². The Morgan fingerprint density at radius 3 is 2.79 bits per heavy atom. The quantitative estimate of drug-likeness (QED) is 0.822. The molecule has 0 radical (unpaired) electrons. The predicted molar refractivity (Wildman–Crippen MR) is 68.1 cm³/mol. The SMILES string of the molecule is O=C(O)CC[C@H]1NC(=O)N(c2cccc(Cl)c2)C1=O. The summed E-state index contributed by atoms with van der Waals surface area (Å²) in [7, 11) is 0. The van der Waals surface area contributed by atoms with E-state index in [4.69, 9.17) is 16.7 Å². The number of benzene rings is 1. The molecule has 1 saturated heterocycles. The molecule has 1 fully saturated rings. The summed E-state index contributed by atoms with van der Waals surface area (Å²) in [5.74, 6) is -1.48. The summed E-state index contributed by atoms with van der Waals surface area (Å²) in [5, 5.41) is 11.5. The highest BCUT2D eigenvalue weighted by molar-refractivity contribution is 6.31. The number of halogens is 1. The molecule has 2 N–H and O–H groups in total. The number of nitrogens with one attached hydrogen (secondary N) is 1. The number of amides is 3. The number of imide groups is 1. The Morgan fingerprint density at radius 2 is 2.16 bits per heavy atom. The number of hydrogen-bond donors (Lipinski definition) is 2. The van der Waals surface area contributed by atoms with Crippen molar-refractivity contribution in [3.05, 3.63) is 29.3 Å². The van der Waals surface area contributed by atoms with Crippen LogP contribution in [-0.4, -0.2) is 29.1 Å². The number of urea groups is 1. The molecule has 6 nitrogen and oxygen atoms in total. The summed E-state index contributed by atoms with van der Waals surface area (Å²) in [6.45, 7) is 0. The zero-order valence-electron chi connectivity index (χ0n) is 9.80. The van der Waals surface area contributed by atoms with Gasteiger partial charge in [0.15, 0.2) is 0 Å². The Hall–Kier alpha value is -2.08. The Balaban J connectivity index is 2.17. The molecule has 0 aliphatic carbocycles. The molecule has 0 saturated carbocycles. The summed E-state index contributed by atoms with van der Waals surface area (Å²) >= 11 is 5.81. The first-order valence-corrected chi connectivity index (χ1v) is 5.98.